The number of phenolic OH excluding ortho intramolecular Hbond substituents is 1. The number of hydrogen-bond acceptors (Lipinski definition) is 3. The highest BCUT2D eigenvalue weighted by Gasteiger charge is 2.14. The van der Waals surface area contributed by atoms with Crippen LogP contribution in [0.25, 0.3) is 10.8 Å². The lowest BCUT2D eigenvalue weighted by atomic mass is 10.0. The first-order valence-corrected chi connectivity index (χ1v) is 6.02. The number of rotatable bonds is 3. The van der Waals surface area contributed by atoms with Gasteiger partial charge in [-0.15, -0.1) is 0 Å². The van der Waals surface area contributed by atoms with E-state index in [1.54, 1.807) is 19.2 Å². The summed E-state index contributed by atoms with van der Waals surface area (Å²) in [5.41, 5.74) is 0.379. The van der Waals surface area contributed by atoms with E-state index in [9.17, 15) is 9.90 Å². The second kappa shape index (κ2) is 4.85. The first kappa shape index (κ1) is 12.1. The van der Waals surface area contributed by atoms with E-state index in [4.69, 9.17) is 0 Å². The van der Waals surface area contributed by atoms with Crippen LogP contribution in [0.1, 0.15) is 10.4 Å². The smallest absolute Gasteiger partial charge is 0.180 e. The lowest BCUT2D eigenvalue weighted by Crippen LogP contribution is -2.18. The predicted octanol–water partition coefficient (Wildman–Crippen LogP) is 2.71. The monoisotopic (exact) mass is 293 g/mol. The summed E-state index contributed by atoms with van der Waals surface area (Å²) in [6.45, 7) is 0.211. The molecule has 2 aromatic carbocycles. The molecule has 0 saturated heterocycles. The van der Waals surface area contributed by atoms with Crippen LogP contribution in [0.4, 0.5) is 0 Å². The Kier molecular flexibility index (Phi) is 3.45. The topological polar surface area (TPSA) is 49.3 Å². The van der Waals surface area contributed by atoms with Crippen LogP contribution in [0.3, 0.4) is 0 Å². The Balaban J connectivity index is 2.67. The number of benzene rings is 2. The van der Waals surface area contributed by atoms with Crippen molar-refractivity contribution in [1.82, 2.24) is 5.32 Å². The van der Waals surface area contributed by atoms with E-state index in [1.807, 2.05) is 18.2 Å². The minimum absolute atomic E-state index is 0.0278. The fourth-order valence-electron chi connectivity index (χ4n) is 1.83. The summed E-state index contributed by atoms with van der Waals surface area (Å²) < 4.78 is 0.947. The number of ketones is 1. The van der Waals surface area contributed by atoms with Gasteiger partial charge < -0.3 is 10.4 Å². The van der Waals surface area contributed by atoms with Gasteiger partial charge in [-0.2, -0.15) is 0 Å². The molecular weight excluding hydrogens is 282 g/mol. The van der Waals surface area contributed by atoms with E-state index in [0.29, 0.717) is 5.56 Å². The lowest BCUT2D eigenvalue weighted by Gasteiger charge is -2.08. The first-order chi connectivity index (χ1) is 8.13. The van der Waals surface area contributed by atoms with Crippen LogP contribution in [0.5, 0.6) is 5.75 Å². The van der Waals surface area contributed by atoms with Crippen LogP contribution in [0, 0.1) is 0 Å². The number of phenols is 1. The van der Waals surface area contributed by atoms with Gasteiger partial charge in [0.2, 0.25) is 0 Å². The lowest BCUT2D eigenvalue weighted by molar-refractivity contribution is 0.0992. The van der Waals surface area contributed by atoms with Crippen molar-refractivity contribution in [1.29, 1.82) is 0 Å². The van der Waals surface area contributed by atoms with Gasteiger partial charge in [0, 0.05) is 4.47 Å². The molecule has 0 saturated carbocycles. The molecule has 0 heterocycles. The largest absolute Gasteiger partial charge is 0.507 e. The molecule has 3 nitrogen and oxygen atoms in total. The molecule has 0 amide bonds. The van der Waals surface area contributed by atoms with Gasteiger partial charge in [0.15, 0.2) is 5.78 Å². The summed E-state index contributed by atoms with van der Waals surface area (Å²) in [6.07, 6.45) is 0. The van der Waals surface area contributed by atoms with E-state index in [-0.39, 0.29) is 18.1 Å². The highest BCUT2D eigenvalue weighted by Crippen LogP contribution is 2.29. The van der Waals surface area contributed by atoms with Gasteiger partial charge in [0.25, 0.3) is 0 Å². The Morgan fingerprint density at radius 2 is 2.12 bits per heavy atom. The SMILES string of the molecule is CNCC(=O)c1c(O)ccc2cc(Br)ccc12. The Bertz CT molecular complexity index is 581. The molecule has 0 aliphatic carbocycles. The van der Waals surface area contributed by atoms with E-state index in [0.717, 1.165) is 15.2 Å². The summed E-state index contributed by atoms with van der Waals surface area (Å²) in [7, 11) is 1.71. The number of halogens is 1. The minimum Gasteiger partial charge on any atom is -0.507 e. The van der Waals surface area contributed by atoms with E-state index in [2.05, 4.69) is 21.2 Å². The zero-order valence-corrected chi connectivity index (χ0v) is 10.9. The van der Waals surface area contributed by atoms with Crippen LogP contribution in [0.2, 0.25) is 0 Å². The van der Waals surface area contributed by atoms with Gasteiger partial charge in [-0.25, -0.2) is 0 Å². The van der Waals surface area contributed by atoms with Crippen molar-refractivity contribution in [2.75, 3.05) is 13.6 Å². The van der Waals surface area contributed by atoms with Gasteiger partial charge in [0.1, 0.15) is 5.75 Å². The molecule has 88 valence electrons. The third kappa shape index (κ3) is 2.33. The average Bonchev–Trinajstić information content (AvgIpc) is 2.29. The molecule has 2 rings (SSSR count). The molecule has 2 aromatic rings. The maximum atomic E-state index is 11.9. The molecule has 2 N–H and O–H groups in total. The number of nitrogens with one attached hydrogen (secondary N) is 1. The van der Waals surface area contributed by atoms with Crippen molar-refractivity contribution < 1.29 is 9.90 Å². The number of Topliss-reactive ketones (excluding diaryl/α,β-unsaturated/α-hetero) is 1. The fraction of sp³-hybridized carbons (Fsp3) is 0.154. The van der Waals surface area contributed by atoms with Crippen LogP contribution < -0.4 is 5.32 Å². The maximum absolute atomic E-state index is 11.9. The normalized spacial score (nSPS) is 10.7. The minimum atomic E-state index is -0.113. The average molecular weight is 294 g/mol. The molecule has 0 aliphatic rings. The quantitative estimate of drug-likeness (QED) is 0.856. The Morgan fingerprint density at radius 3 is 2.82 bits per heavy atom. The third-order valence-corrected chi connectivity index (χ3v) is 3.07. The fourth-order valence-corrected chi connectivity index (χ4v) is 2.21. The molecule has 0 fully saturated rings. The van der Waals surface area contributed by atoms with Crippen molar-refractivity contribution in [2.24, 2.45) is 0 Å². The van der Waals surface area contributed by atoms with Gasteiger partial charge >= 0.3 is 0 Å². The number of carbonyl (C=O) groups is 1. The Labute approximate surface area is 108 Å². The molecule has 0 radical (unpaired) electrons. The number of aromatic hydroxyl groups is 1. The summed E-state index contributed by atoms with van der Waals surface area (Å²) in [4.78, 5) is 11.9. The van der Waals surface area contributed by atoms with Crippen molar-refractivity contribution >= 4 is 32.5 Å². The first-order valence-electron chi connectivity index (χ1n) is 5.22. The van der Waals surface area contributed by atoms with E-state index < -0.39 is 0 Å². The van der Waals surface area contributed by atoms with Crippen LogP contribution in [-0.4, -0.2) is 24.5 Å². The van der Waals surface area contributed by atoms with Gasteiger partial charge in [-0.1, -0.05) is 28.1 Å². The second-order valence-electron chi connectivity index (χ2n) is 3.78. The molecule has 0 bridgehead atoms. The summed E-state index contributed by atoms with van der Waals surface area (Å²) in [6, 6.07) is 8.97. The maximum Gasteiger partial charge on any atom is 0.180 e. The van der Waals surface area contributed by atoms with Gasteiger partial charge in [-0.3, -0.25) is 4.79 Å². The van der Waals surface area contributed by atoms with E-state index in [1.165, 1.54) is 0 Å². The van der Waals surface area contributed by atoms with E-state index >= 15 is 0 Å². The highest BCUT2D eigenvalue weighted by molar-refractivity contribution is 9.10. The molecular formula is C13H12BrNO2. The molecule has 0 atom stereocenters. The molecule has 17 heavy (non-hydrogen) atoms. The molecule has 0 aliphatic heterocycles. The number of carbonyl (C=O) groups excluding carboxylic acids is 1. The molecule has 0 aromatic heterocycles. The Morgan fingerprint density at radius 1 is 1.35 bits per heavy atom. The van der Waals surface area contributed by atoms with Crippen molar-refractivity contribution in [3.05, 3.63) is 40.4 Å². The van der Waals surface area contributed by atoms with Crippen molar-refractivity contribution in [3.63, 3.8) is 0 Å². The van der Waals surface area contributed by atoms with Crippen LogP contribution in [-0.2, 0) is 0 Å². The number of likely N-dealkylation sites (N-methyl/N-ethyl adjacent to an activating group) is 1. The molecule has 4 heteroatoms. The zero-order valence-electron chi connectivity index (χ0n) is 9.33. The van der Waals surface area contributed by atoms with Gasteiger partial charge in [0.05, 0.1) is 12.1 Å². The second-order valence-corrected chi connectivity index (χ2v) is 4.69. The zero-order chi connectivity index (χ0) is 12.4. The van der Waals surface area contributed by atoms with Crippen molar-refractivity contribution in [3.8, 4) is 5.75 Å². The number of hydrogen-bond donors (Lipinski definition) is 2. The van der Waals surface area contributed by atoms with Crippen LogP contribution in [0.15, 0.2) is 34.8 Å². The highest BCUT2D eigenvalue weighted by atomic mass is 79.9. The summed E-state index contributed by atoms with van der Waals surface area (Å²) in [5.74, 6) is -0.0852. The molecule has 0 spiro atoms. The summed E-state index contributed by atoms with van der Waals surface area (Å²) >= 11 is 3.38. The summed E-state index contributed by atoms with van der Waals surface area (Å²) in [5, 5.41) is 14.3. The number of fused-ring (bicyclic) bond motifs is 1. The predicted molar refractivity (Wildman–Crippen MR) is 71.6 cm³/mol. The molecule has 0 unspecified atom stereocenters. The third-order valence-electron chi connectivity index (χ3n) is 2.58. The van der Waals surface area contributed by atoms with Crippen LogP contribution >= 0.6 is 15.9 Å². The standard InChI is InChI=1S/C13H12BrNO2/c1-15-7-12(17)13-10-4-3-9(14)6-8(10)2-5-11(13)16/h2-6,15-16H,7H2,1H3. The van der Waals surface area contributed by atoms with Gasteiger partial charge in [-0.05, 0) is 36.0 Å². The van der Waals surface area contributed by atoms with Crippen molar-refractivity contribution in [2.45, 2.75) is 0 Å². The Hall–Kier alpha value is -1.39.